The molecule has 0 spiro atoms. The van der Waals surface area contributed by atoms with E-state index in [1.165, 1.54) is 50.0 Å². The van der Waals surface area contributed by atoms with Gasteiger partial charge >= 0.3 is 24.3 Å². The number of hydrogen-bond acceptors (Lipinski definition) is 4. The number of aliphatic carboxylic acids is 2. The van der Waals surface area contributed by atoms with Crippen molar-refractivity contribution in [3.8, 4) is 0 Å². The molecule has 1 saturated carbocycles. The van der Waals surface area contributed by atoms with Crippen molar-refractivity contribution in [2.24, 2.45) is 11.8 Å². The van der Waals surface area contributed by atoms with Crippen LogP contribution in [0.4, 0.5) is 26.3 Å². The minimum atomic E-state index is -5.08. The molecule has 2 atom stereocenters. The maximum atomic E-state index is 10.6. The van der Waals surface area contributed by atoms with E-state index in [9.17, 15) is 26.3 Å². The molecule has 0 aromatic heterocycles. The minimum absolute atomic E-state index is 0.706. The summed E-state index contributed by atoms with van der Waals surface area (Å²) in [5, 5.41) is 18.1. The first kappa shape index (κ1) is 32.8. The summed E-state index contributed by atoms with van der Waals surface area (Å²) in [6, 6.07) is 22.2. The van der Waals surface area contributed by atoms with E-state index >= 15 is 0 Å². The molecule has 2 aromatic carbocycles. The molecular weight excluding hydrogens is 542 g/mol. The largest absolute Gasteiger partial charge is 0.490 e. The molecule has 40 heavy (non-hydrogen) atoms. The highest BCUT2D eigenvalue weighted by Gasteiger charge is 2.39. The zero-order valence-corrected chi connectivity index (χ0v) is 21.5. The molecule has 1 aliphatic heterocycles. The van der Waals surface area contributed by atoms with Gasteiger partial charge in [-0.25, -0.2) is 9.59 Å². The Kier molecular flexibility index (Phi) is 12.7. The van der Waals surface area contributed by atoms with Crippen LogP contribution >= 0.6 is 0 Å². The lowest BCUT2D eigenvalue weighted by molar-refractivity contribution is -0.193. The smallest absolute Gasteiger partial charge is 0.475 e. The van der Waals surface area contributed by atoms with E-state index in [1.54, 1.807) is 0 Å². The molecule has 0 bridgehead atoms. The summed E-state index contributed by atoms with van der Waals surface area (Å²) >= 11 is 0. The number of piperidine rings is 1. The average Bonchev–Trinajstić information content (AvgIpc) is 3.66. The number of carboxylic acid groups (broad SMARTS) is 2. The first-order valence-corrected chi connectivity index (χ1v) is 12.6. The number of nitrogens with one attached hydrogen (secondary N) is 1. The second kappa shape index (κ2) is 15.4. The van der Waals surface area contributed by atoms with Gasteiger partial charge in [0, 0.05) is 12.6 Å². The van der Waals surface area contributed by atoms with Gasteiger partial charge in [-0.3, -0.25) is 4.90 Å². The molecule has 2 fully saturated rings. The van der Waals surface area contributed by atoms with Crippen LogP contribution in [0.3, 0.4) is 0 Å². The summed E-state index contributed by atoms with van der Waals surface area (Å²) < 4.78 is 63.5. The molecule has 1 saturated heterocycles. The molecule has 2 unspecified atom stereocenters. The molecular formula is C28H32F6N2O4. The molecule has 4 rings (SSSR count). The number of alkyl halides is 6. The van der Waals surface area contributed by atoms with E-state index in [2.05, 4.69) is 83.0 Å². The fourth-order valence-electron chi connectivity index (χ4n) is 3.97. The normalized spacial score (nSPS) is 19.6. The maximum absolute atomic E-state index is 10.6. The molecule has 1 aliphatic carbocycles. The molecule has 6 nitrogen and oxygen atoms in total. The third-order valence-corrected chi connectivity index (χ3v) is 6.29. The number of likely N-dealkylation sites (tertiary alicyclic amines) is 1. The van der Waals surface area contributed by atoms with Gasteiger partial charge in [0.1, 0.15) is 0 Å². The number of rotatable bonds is 7. The first-order valence-electron chi connectivity index (χ1n) is 12.6. The van der Waals surface area contributed by atoms with Gasteiger partial charge in [0.15, 0.2) is 0 Å². The SMILES string of the molecule is C(=C\C1CC1NCC1CCN(Cc2ccccc2)CC1)/c1ccccc1.O=C(O)C(F)(F)F.O=C(O)C(F)(F)F. The Balaban J connectivity index is 0.000000333. The van der Waals surface area contributed by atoms with E-state index in [4.69, 9.17) is 19.8 Å². The Labute approximate surface area is 228 Å². The van der Waals surface area contributed by atoms with Gasteiger partial charge in [-0.05, 0) is 61.9 Å². The van der Waals surface area contributed by atoms with Gasteiger partial charge in [0.05, 0.1) is 0 Å². The predicted molar refractivity (Wildman–Crippen MR) is 137 cm³/mol. The van der Waals surface area contributed by atoms with Crippen molar-refractivity contribution in [2.75, 3.05) is 19.6 Å². The predicted octanol–water partition coefficient (Wildman–Crippen LogP) is 5.86. The van der Waals surface area contributed by atoms with Crippen molar-refractivity contribution in [3.63, 3.8) is 0 Å². The van der Waals surface area contributed by atoms with E-state index in [1.807, 2.05) is 0 Å². The van der Waals surface area contributed by atoms with E-state index < -0.39 is 24.3 Å². The van der Waals surface area contributed by atoms with Crippen LogP contribution in [0.15, 0.2) is 66.7 Å². The van der Waals surface area contributed by atoms with Crippen molar-refractivity contribution in [3.05, 3.63) is 77.9 Å². The molecule has 2 aromatic rings. The van der Waals surface area contributed by atoms with Crippen LogP contribution in [0.25, 0.3) is 6.08 Å². The Morgan fingerprint density at radius 1 is 0.850 bits per heavy atom. The number of benzene rings is 2. The fourth-order valence-corrected chi connectivity index (χ4v) is 3.97. The Bertz CT molecular complexity index is 1050. The fraction of sp³-hybridized carbons (Fsp3) is 0.429. The van der Waals surface area contributed by atoms with Gasteiger partial charge in [-0.1, -0.05) is 72.8 Å². The summed E-state index contributed by atoms with van der Waals surface area (Å²) in [4.78, 5) is 20.4. The van der Waals surface area contributed by atoms with E-state index in [-0.39, 0.29) is 0 Å². The average molecular weight is 575 g/mol. The maximum Gasteiger partial charge on any atom is 0.490 e. The molecule has 1 heterocycles. The molecule has 12 heteroatoms. The zero-order chi connectivity index (χ0) is 29.8. The molecule has 220 valence electrons. The summed E-state index contributed by atoms with van der Waals surface area (Å²) in [5.41, 5.74) is 2.75. The van der Waals surface area contributed by atoms with E-state index in [0.29, 0.717) is 6.04 Å². The highest BCUT2D eigenvalue weighted by molar-refractivity contribution is 5.73. The van der Waals surface area contributed by atoms with Gasteiger partial charge in [0.2, 0.25) is 0 Å². The van der Waals surface area contributed by atoms with Crippen LogP contribution < -0.4 is 5.32 Å². The number of nitrogens with zero attached hydrogens (tertiary/aromatic N) is 1. The highest BCUT2D eigenvalue weighted by Crippen LogP contribution is 2.33. The van der Waals surface area contributed by atoms with Crippen LogP contribution in [0, 0.1) is 11.8 Å². The Morgan fingerprint density at radius 2 is 1.32 bits per heavy atom. The van der Waals surface area contributed by atoms with Crippen LogP contribution in [0.1, 0.15) is 30.4 Å². The molecule has 3 N–H and O–H groups in total. The van der Waals surface area contributed by atoms with Gasteiger partial charge in [-0.2, -0.15) is 26.3 Å². The van der Waals surface area contributed by atoms with Crippen molar-refractivity contribution in [1.82, 2.24) is 10.2 Å². The monoisotopic (exact) mass is 574 g/mol. The third kappa shape index (κ3) is 13.1. The van der Waals surface area contributed by atoms with Crippen LogP contribution in [0.2, 0.25) is 0 Å². The second-order valence-corrected chi connectivity index (χ2v) is 9.50. The highest BCUT2D eigenvalue weighted by atomic mass is 19.4. The van der Waals surface area contributed by atoms with Gasteiger partial charge in [0.25, 0.3) is 0 Å². The zero-order valence-electron chi connectivity index (χ0n) is 21.5. The van der Waals surface area contributed by atoms with Crippen molar-refractivity contribution < 1.29 is 46.1 Å². The van der Waals surface area contributed by atoms with E-state index in [0.717, 1.165) is 18.4 Å². The van der Waals surface area contributed by atoms with Crippen LogP contribution in [-0.2, 0) is 16.1 Å². The van der Waals surface area contributed by atoms with Crippen LogP contribution in [0.5, 0.6) is 0 Å². The van der Waals surface area contributed by atoms with Crippen molar-refractivity contribution >= 4 is 18.0 Å². The van der Waals surface area contributed by atoms with Crippen molar-refractivity contribution in [1.29, 1.82) is 0 Å². The van der Waals surface area contributed by atoms with Gasteiger partial charge < -0.3 is 15.5 Å². The third-order valence-electron chi connectivity index (χ3n) is 6.29. The number of carbonyl (C=O) groups is 2. The van der Waals surface area contributed by atoms with Crippen molar-refractivity contribution in [2.45, 2.75) is 44.2 Å². The standard InChI is InChI=1S/C24H30N2.2C2HF3O2/c1-3-7-20(8-4-1)11-12-23-17-24(23)25-18-21-13-15-26(16-14-21)19-22-9-5-2-6-10-22;2*3-2(4,5)1(6)7/h1-12,21,23-25H,13-19H2;2*(H,6,7)/b12-11+;;. The summed E-state index contributed by atoms with van der Waals surface area (Å²) in [6.45, 7) is 4.78. The van der Waals surface area contributed by atoms with Crippen LogP contribution in [-0.4, -0.2) is 65.1 Å². The first-order chi connectivity index (χ1) is 18.8. The number of halogens is 6. The lowest BCUT2D eigenvalue weighted by Crippen LogP contribution is -2.37. The number of hydrogen-bond donors (Lipinski definition) is 3. The topological polar surface area (TPSA) is 89.9 Å². The summed E-state index contributed by atoms with van der Waals surface area (Å²) in [6.07, 6.45) is -1.55. The molecule has 0 radical (unpaired) electrons. The minimum Gasteiger partial charge on any atom is -0.475 e. The number of carboxylic acids is 2. The quantitative estimate of drug-likeness (QED) is 0.359. The summed E-state index contributed by atoms with van der Waals surface area (Å²) in [5.74, 6) is -3.94. The lowest BCUT2D eigenvalue weighted by Gasteiger charge is -2.32. The summed E-state index contributed by atoms with van der Waals surface area (Å²) in [7, 11) is 0. The molecule has 0 amide bonds. The lowest BCUT2D eigenvalue weighted by atomic mass is 9.96. The Morgan fingerprint density at radius 3 is 1.80 bits per heavy atom. The molecule has 2 aliphatic rings. The van der Waals surface area contributed by atoms with Gasteiger partial charge in [-0.15, -0.1) is 0 Å². The Hall–Kier alpha value is -3.38. The second-order valence-electron chi connectivity index (χ2n) is 9.50.